The Morgan fingerprint density at radius 3 is 2.12 bits per heavy atom. The summed E-state index contributed by atoms with van der Waals surface area (Å²) >= 11 is 0. The van der Waals surface area contributed by atoms with E-state index in [0.717, 1.165) is 22.3 Å². The van der Waals surface area contributed by atoms with Crippen molar-refractivity contribution in [3.63, 3.8) is 0 Å². The first-order chi connectivity index (χ1) is 16.0. The van der Waals surface area contributed by atoms with Crippen molar-refractivity contribution in [2.24, 2.45) is 0 Å². The van der Waals surface area contributed by atoms with Crippen molar-refractivity contribution >= 4 is 18.0 Å². The van der Waals surface area contributed by atoms with E-state index in [0.29, 0.717) is 19.4 Å². The number of aliphatic carboxylic acids is 1. The molecule has 1 aliphatic carbocycles. The van der Waals surface area contributed by atoms with Crippen molar-refractivity contribution in [1.29, 1.82) is 0 Å². The van der Waals surface area contributed by atoms with E-state index in [4.69, 9.17) is 9.47 Å². The molecule has 0 fully saturated rings. The van der Waals surface area contributed by atoms with Gasteiger partial charge in [-0.25, -0.2) is 9.59 Å². The molecule has 0 spiro atoms. The zero-order chi connectivity index (χ0) is 23.8. The van der Waals surface area contributed by atoms with Crippen LogP contribution >= 0.6 is 0 Å². The number of ether oxygens (including phenoxy) is 2. The zero-order valence-electron chi connectivity index (χ0n) is 18.9. The Bertz CT molecular complexity index is 947. The molecule has 2 atom stereocenters. The Labute approximate surface area is 193 Å². The summed E-state index contributed by atoms with van der Waals surface area (Å²) in [4.78, 5) is 36.5. The van der Waals surface area contributed by atoms with Gasteiger partial charge in [-0.15, -0.1) is 0 Å². The number of carbonyl (C=O) groups is 3. The fourth-order valence-electron chi connectivity index (χ4n) is 4.10. The summed E-state index contributed by atoms with van der Waals surface area (Å²) in [7, 11) is 1.53. The summed E-state index contributed by atoms with van der Waals surface area (Å²) in [5.74, 6) is -1.78. The van der Waals surface area contributed by atoms with Crippen LogP contribution in [0.5, 0.6) is 0 Å². The highest BCUT2D eigenvalue weighted by Crippen LogP contribution is 2.44. The largest absolute Gasteiger partial charge is 0.480 e. The smallest absolute Gasteiger partial charge is 0.407 e. The average molecular weight is 455 g/mol. The van der Waals surface area contributed by atoms with Crippen LogP contribution in [0.2, 0.25) is 0 Å². The van der Waals surface area contributed by atoms with Gasteiger partial charge in [-0.1, -0.05) is 55.5 Å². The second-order valence-corrected chi connectivity index (χ2v) is 7.97. The first-order valence-electron chi connectivity index (χ1n) is 11.1. The Morgan fingerprint density at radius 1 is 0.970 bits per heavy atom. The minimum Gasteiger partial charge on any atom is -0.480 e. The average Bonchev–Trinajstić information content (AvgIpc) is 3.14. The minimum absolute atomic E-state index is 0.0887. The lowest BCUT2D eigenvalue weighted by atomic mass is 9.98. The van der Waals surface area contributed by atoms with E-state index in [-0.39, 0.29) is 18.9 Å². The number of benzene rings is 2. The molecule has 3 rings (SSSR count). The number of carbonyl (C=O) groups excluding carboxylic acids is 2. The molecule has 0 bridgehead atoms. The number of alkyl carbamates (subject to hydrolysis) is 1. The molecule has 0 saturated heterocycles. The lowest BCUT2D eigenvalue weighted by molar-refractivity contribution is -0.142. The molecule has 0 saturated carbocycles. The third kappa shape index (κ3) is 5.90. The standard InChI is InChI=1S/C25H30N2O6/c1-3-21(23(28)26-22(24(29)30)13-8-14-32-2)27-25(31)33-15-20-18-11-6-4-9-16(18)17-10-5-7-12-19(17)20/h4-7,9-12,20-22H,3,8,13-15H2,1-2H3,(H,26,28)(H,27,31)(H,29,30). The SMILES string of the molecule is CCC(NC(=O)OCC1c2ccccc2-c2ccccc21)C(=O)NC(CCCOC)C(=O)O. The molecular formula is C25H30N2O6. The van der Waals surface area contributed by atoms with Crippen LogP contribution in [0.4, 0.5) is 4.79 Å². The molecule has 2 aromatic carbocycles. The number of methoxy groups -OCH3 is 1. The fraction of sp³-hybridized carbons (Fsp3) is 0.400. The lowest BCUT2D eigenvalue weighted by Crippen LogP contribution is -2.51. The van der Waals surface area contributed by atoms with E-state index in [1.165, 1.54) is 7.11 Å². The molecule has 0 radical (unpaired) electrons. The normalized spacial score (nSPS) is 14.0. The Balaban J connectivity index is 1.58. The monoisotopic (exact) mass is 454 g/mol. The van der Waals surface area contributed by atoms with Crippen molar-refractivity contribution in [3.05, 3.63) is 59.7 Å². The molecule has 0 aromatic heterocycles. The van der Waals surface area contributed by atoms with Crippen LogP contribution in [-0.2, 0) is 19.1 Å². The molecule has 2 amide bonds. The number of fused-ring (bicyclic) bond motifs is 3. The summed E-state index contributed by atoms with van der Waals surface area (Å²) in [6, 6.07) is 14.1. The first kappa shape index (κ1) is 24.3. The molecule has 0 heterocycles. The van der Waals surface area contributed by atoms with Crippen LogP contribution in [-0.4, -0.2) is 55.5 Å². The van der Waals surface area contributed by atoms with Crippen LogP contribution in [0, 0.1) is 0 Å². The minimum atomic E-state index is -1.13. The maximum atomic E-state index is 12.6. The quantitative estimate of drug-likeness (QED) is 0.449. The van der Waals surface area contributed by atoms with Crippen LogP contribution in [0.1, 0.15) is 43.2 Å². The summed E-state index contributed by atoms with van der Waals surface area (Å²) < 4.78 is 10.4. The molecule has 2 aromatic rings. The van der Waals surface area contributed by atoms with Gasteiger partial charge < -0.3 is 25.2 Å². The van der Waals surface area contributed by atoms with Gasteiger partial charge in [0.1, 0.15) is 18.7 Å². The number of hydrogen-bond donors (Lipinski definition) is 3. The molecule has 1 aliphatic rings. The number of amides is 2. The topological polar surface area (TPSA) is 114 Å². The van der Waals surface area contributed by atoms with Crippen LogP contribution in [0.25, 0.3) is 11.1 Å². The Kier molecular flexibility index (Phi) is 8.43. The summed E-state index contributed by atoms with van der Waals surface area (Å²) in [5, 5.41) is 14.4. The van der Waals surface area contributed by atoms with Gasteiger partial charge in [-0.2, -0.15) is 0 Å². The fourth-order valence-corrected chi connectivity index (χ4v) is 4.10. The highest BCUT2D eigenvalue weighted by Gasteiger charge is 2.30. The van der Waals surface area contributed by atoms with E-state index in [9.17, 15) is 19.5 Å². The van der Waals surface area contributed by atoms with E-state index in [1.54, 1.807) is 6.92 Å². The van der Waals surface area contributed by atoms with Gasteiger partial charge in [-0.3, -0.25) is 4.79 Å². The molecule has 176 valence electrons. The maximum Gasteiger partial charge on any atom is 0.407 e. The van der Waals surface area contributed by atoms with E-state index < -0.39 is 30.1 Å². The van der Waals surface area contributed by atoms with Crippen molar-refractivity contribution in [1.82, 2.24) is 10.6 Å². The van der Waals surface area contributed by atoms with Crippen molar-refractivity contribution < 1.29 is 29.0 Å². The van der Waals surface area contributed by atoms with Crippen molar-refractivity contribution in [2.45, 2.75) is 44.2 Å². The number of hydrogen-bond acceptors (Lipinski definition) is 5. The predicted octanol–water partition coefficient (Wildman–Crippen LogP) is 3.30. The highest BCUT2D eigenvalue weighted by molar-refractivity contribution is 5.89. The summed E-state index contributed by atoms with van der Waals surface area (Å²) in [6.45, 7) is 2.26. The zero-order valence-corrected chi connectivity index (χ0v) is 18.9. The number of rotatable bonds is 11. The maximum absolute atomic E-state index is 12.6. The molecule has 8 nitrogen and oxygen atoms in total. The van der Waals surface area contributed by atoms with Crippen LogP contribution < -0.4 is 10.6 Å². The van der Waals surface area contributed by atoms with E-state index >= 15 is 0 Å². The summed E-state index contributed by atoms with van der Waals surface area (Å²) in [5.41, 5.74) is 4.44. The van der Waals surface area contributed by atoms with Gasteiger partial charge in [0.25, 0.3) is 0 Å². The van der Waals surface area contributed by atoms with Gasteiger partial charge in [0.15, 0.2) is 0 Å². The van der Waals surface area contributed by atoms with Gasteiger partial charge in [0.2, 0.25) is 5.91 Å². The number of carboxylic acid groups (broad SMARTS) is 1. The first-order valence-corrected chi connectivity index (χ1v) is 11.1. The molecule has 33 heavy (non-hydrogen) atoms. The molecule has 2 unspecified atom stereocenters. The van der Waals surface area contributed by atoms with Gasteiger partial charge in [0, 0.05) is 19.6 Å². The molecule has 3 N–H and O–H groups in total. The molecule has 0 aliphatic heterocycles. The third-order valence-electron chi connectivity index (χ3n) is 5.82. The van der Waals surface area contributed by atoms with E-state index in [1.807, 2.05) is 36.4 Å². The van der Waals surface area contributed by atoms with Crippen LogP contribution in [0.3, 0.4) is 0 Å². The number of carboxylic acids is 1. The van der Waals surface area contributed by atoms with Gasteiger partial charge in [0.05, 0.1) is 0 Å². The van der Waals surface area contributed by atoms with Crippen LogP contribution in [0.15, 0.2) is 48.5 Å². The van der Waals surface area contributed by atoms with Gasteiger partial charge in [-0.05, 0) is 41.5 Å². The third-order valence-corrected chi connectivity index (χ3v) is 5.82. The van der Waals surface area contributed by atoms with E-state index in [2.05, 4.69) is 22.8 Å². The molecular weight excluding hydrogens is 424 g/mol. The number of nitrogens with one attached hydrogen (secondary N) is 2. The predicted molar refractivity (Wildman–Crippen MR) is 123 cm³/mol. The van der Waals surface area contributed by atoms with Gasteiger partial charge >= 0.3 is 12.1 Å². The van der Waals surface area contributed by atoms with Crippen molar-refractivity contribution in [3.8, 4) is 11.1 Å². The molecule has 8 heteroatoms. The van der Waals surface area contributed by atoms with Crippen molar-refractivity contribution in [2.75, 3.05) is 20.3 Å². The highest BCUT2D eigenvalue weighted by atomic mass is 16.5. The Hall–Kier alpha value is -3.39. The Morgan fingerprint density at radius 2 is 1.58 bits per heavy atom. The second kappa shape index (κ2) is 11.5. The lowest BCUT2D eigenvalue weighted by Gasteiger charge is -2.21. The second-order valence-electron chi connectivity index (χ2n) is 7.97. The summed E-state index contributed by atoms with van der Waals surface area (Å²) in [6.07, 6.45) is 0.297.